The average Bonchev–Trinajstić information content (AvgIpc) is 2.57. The molecule has 0 spiro atoms. The molecule has 0 aromatic heterocycles. The zero-order valence-electron chi connectivity index (χ0n) is 11.8. The molecule has 0 fully saturated rings. The van der Waals surface area contributed by atoms with Gasteiger partial charge in [-0.3, -0.25) is 11.3 Å². The lowest BCUT2D eigenvalue weighted by Gasteiger charge is -2.16. The Bertz CT molecular complexity index is 619. The fourth-order valence-corrected chi connectivity index (χ4v) is 1.89. The summed E-state index contributed by atoms with van der Waals surface area (Å²) in [7, 11) is 0. The third kappa shape index (κ3) is 4.43. The maximum absolute atomic E-state index is 8.78. The van der Waals surface area contributed by atoms with Gasteiger partial charge in [0, 0.05) is 0 Å². The van der Waals surface area contributed by atoms with Crippen LogP contribution in [0.1, 0.15) is 28.3 Å². The number of hydrogen-bond acceptors (Lipinski definition) is 5. The molecule has 0 saturated heterocycles. The highest BCUT2D eigenvalue weighted by Crippen LogP contribution is 2.21. The fourth-order valence-electron chi connectivity index (χ4n) is 1.89. The molecule has 0 aliphatic heterocycles. The Kier molecular flexibility index (Phi) is 6.80. The number of nitrogens with two attached hydrogens (primary N) is 2. The highest BCUT2D eigenvalue weighted by Gasteiger charge is 2.12. The second kappa shape index (κ2) is 8.88. The van der Waals surface area contributed by atoms with Gasteiger partial charge in [0.15, 0.2) is 0 Å². The third-order valence-electron chi connectivity index (χ3n) is 2.91. The zero-order valence-corrected chi connectivity index (χ0v) is 11.8. The minimum Gasteiger partial charge on any atom is -0.390 e. The molecule has 6 nitrogen and oxygen atoms in total. The van der Waals surface area contributed by atoms with Crippen LogP contribution in [0.4, 0.5) is 0 Å². The number of hydrazine groups is 1. The van der Waals surface area contributed by atoms with Crippen LogP contribution in [-0.2, 0) is 0 Å². The van der Waals surface area contributed by atoms with E-state index in [0.29, 0.717) is 11.1 Å². The zero-order chi connectivity index (χ0) is 16.4. The van der Waals surface area contributed by atoms with E-state index in [4.69, 9.17) is 21.8 Å². The average molecular weight is 292 g/mol. The number of rotatable bonds is 3. The molecule has 0 heterocycles. The molecule has 6 heteroatoms. The van der Waals surface area contributed by atoms with Crippen LogP contribution in [0.25, 0.3) is 0 Å². The maximum Gasteiger partial charge on any atom is 0.0991 e. The molecule has 0 atom stereocenters. The van der Waals surface area contributed by atoms with Crippen molar-refractivity contribution in [3.05, 3.63) is 70.8 Å². The van der Waals surface area contributed by atoms with Crippen molar-refractivity contribution in [3.8, 4) is 12.1 Å². The van der Waals surface area contributed by atoms with Crippen LogP contribution in [0.2, 0.25) is 0 Å². The Balaban J connectivity index is 0.000000745. The lowest BCUT2D eigenvalue weighted by Crippen LogP contribution is -2.28. The first-order valence-corrected chi connectivity index (χ1v) is 6.37. The van der Waals surface area contributed by atoms with Crippen molar-refractivity contribution in [3.63, 3.8) is 0 Å². The molecule has 6 N–H and O–H groups in total. The Morgan fingerprint density at radius 2 is 1.23 bits per heavy atom. The molecule has 2 aromatic carbocycles. The maximum atomic E-state index is 8.78. The van der Waals surface area contributed by atoms with Gasteiger partial charge < -0.3 is 5.73 Å². The second-order valence-corrected chi connectivity index (χ2v) is 4.23. The molecule has 0 bridgehead atoms. The van der Waals surface area contributed by atoms with Gasteiger partial charge in [-0.25, -0.2) is 5.43 Å². The number of nitrogens with zero attached hydrogens (tertiary/aromatic N) is 2. The van der Waals surface area contributed by atoms with Gasteiger partial charge in [0.1, 0.15) is 0 Å². The largest absolute Gasteiger partial charge is 0.390 e. The van der Waals surface area contributed by atoms with Crippen molar-refractivity contribution in [1.82, 2.24) is 5.43 Å². The Labute approximate surface area is 129 Å². The second-order valence-electron chi connectivity index (χ2n) is 4.23. The summed E-state index contributed by atoms with van der Waals surface area (Å²) >= 11 is 0. The van der Waals surface area contributed by atoms with Crippen LogP contribution in [0.5, 0.6) is 0 Å². The standard InChI is InChI=1S/C15H12N4.CH4N2/c16-9-11-1-5-13(6-2-11)15(19-18)14-7-3-12(10-17)4-8-14;2-1-3/h1-8,15,19H,18H2;1H,(H3,2,3). The van der Waals surface area contributed by atoms with Crippen LogP contribution in [-0.4, -0.2) is 6.34 Å². The molecule has 0 aliphatic rings. The van der Waals surface area contributed by atoms with Gasteiger partial charge in [-0.1, -0.05) is 24.3 Å². The minimum atomic E-state index is -0.166. The van der Waals surface area contributed by atoms with Gasteiger partial charge in [-0.15, -0.1) is 0 Å². The van der Waals surface area contributed by atoms with Gasteiger partial charge in [0.25, 0.3) is 0 Å². The predicted octanol–water partition coefficient (Wildman–Crippen LogP) is 1.53. The predicted molar refractivity (Wildman–Crippen MR) is 84.5 cm³/mol. The van der Waals surface area contributed by atoms with Crippen molar-refractivity contribution >= 4 is 6.34 Å². The summed E-state index contributed by atoms with van der Waals surface area (Å²) in [5.41, 5.74) is 10.3. The Morgan fingerprint density at radius 3 is 1.45 bits per heavy atom. The first kappa shape index (κ1) is 16.9. The van der Waals surface area contributed by atoms with E-state index in [-0.39, 0.29) is 6.04 Å². The van der Waals surface area contributed by atoms with Crippen molar-refractivity contribution in [1.29, 1.82) is 15.9 Å². The van der Waals surface area contributed by atoms with E-state index in [1.165, 1.54) is 0 Å². The van der Waals surface area contributed by atoms with Crippen LogP contribution >= 0.6 is 0 Å². The van der Waals surface area contributed by atoms with E-state index >= 15 is 0 Å². The summed E-state index contributed by atoms with van der Waals surface area (Å²) in [6, 6.07) is 18.5. The van der Waals surface area contributed by atoms with Gasteiger partial charge in [-0.05, 0) is 35.4 Å². The van der Waals surface area contributed by atoms with Crippen molar-refractivity contribution in [2.24, 2.45) is 11.6 Å². The molecule has 0 saturated carbocycles. The Hall–Kier alpha value is -3.19. The van der Waals surface area contributed by atoms with Crippen molar-refractivity contribution in [2.75, 3.05) is 0 Å². The third-order valence-corrected chi connectivity index (χ3v) is 2.91. The minimum absolute atomic E-state index is 0.166. The van der Waals surface area contributed by atoms with Crippen LogP contribution in [0.15, 0.2) is 48.5 Å². The van der Waals surface area contributed by atoms with E-state index < -0.39 is 0 Å². The molecular formula is C16H16N6. The van der Waals surface area contributed by atoms with Gasteiger partial charge in [0.05, 0.1) is 35.6 Å². The SMILES string of the molecule is N#Cc1ccc(C(NN)c2ccc(C#N)cc2)cc1.N=CN. The topological polar surface area (TPSA) is 136 Å². The lowest BCUT2D eigenvalue weighted by molar-refractivity contribution is 0.637. The summed E-state index contributed by atoms with van der Waals surface area (Å²) in [4.78, 5) is 0. The van der Waals surface area contributed by atoms with E-state index in [1.807, 2.05) is 24.3 Å². The number of hydrogen-bond donors (Lipinski definition) is 4. The Morgan fingerprint density at radius 1 is 0.909 bits per heavy atom. The summed E-state index contributed by atoms with van der Waals surface area (Å²) in [6.07, 6.45) is 0.750. The number of nitrogens with one attached hydrogen (secondary N) is 2. The molecular weight excluding hydrogens is 276 g/mol. The lowest BCUT2D eigenvalue weighted by atomic mass is 9.97. The molecule has 2 rings (SSSR count). The molecule has 110 valence electrons. The monoisotopic (exact) mass is 292 g/mol. The van der Waals surface area contributed by atoms with Crippen LogP contribution in [0.3, 0.4) is 0 Å². The van der Waals surface area contributed by atoms with E-state index in [1.54, 1.807) is 24.3 Å². The molecule has 0 unspecified atom stereocenters. The smallest absolute Gasteiger partial charge is 0.0991 e. The number of nitriles is 2. The molecule has 22 heavy (non-hydrogen) atoms. The normalized spacial score (nSPS) is 9.09. The molecule has 0 amide bonds. The summed E-state index contributed by atoms with van der Waals surface area (Å²) in [6.45, 7) is 0. The van der Waals surface area contributed by atoms with Gasteiger partial charge in [-0.2, -0.15) is 10.5 Å². The summed E-state index contributed by atoms with van der Waals surface area (Å²) in [5, 5.41) is 23.4. The van der Waals surface area contributed by atoms with E-state index in [2.05, 4.69) is 23.3 Å². The summed E-state index contributed by atoms with van der Waals surface area (Å²) < 4.78 is 0. The van der Waals surface area contributed by atoms with E-state index in [9.17, 15) is 0 Å². The van der Waals surface area contributed by atoms with Gasteiger partial charge in [0.2, 0.25) is 0 Å². The fraction of sp³-hybridized carbons (Fsp3) is 0.0625. The van der Waals surface area contributed by atoms with Crippen LogP contribution < -0.4 is 17.0 Å². The highest BCUT2D eigenvalue weighted by atomic mass is 15.2. The van der Waals surface area contributed by atoms with Crippen LogP contribution in [0, 0.1) is 28.1 Å². The molecule has 0 radical (unpaired) electrons. The van der Waals surface area contributed by atoms with Gasteiger partial charge >= 0.3 is 0 Å². The number of benzene rings is 2. The highest BCUT2D eigenvalue weighted by molar-refractivity contribution is 5.46. The van der Waals surface area contributed by atoms with Crippen molar-refractivity contribution in [2.45, 2.75) is 6.04 Å². The first-order valence-electron chi connectivity index (χ1n) is 6.37. The summed E-state index contributed by atoms with van der Waals surface area (Å²) in [5.74, 6) is 5.60. The van der Waals surface area contributed by atoms with E-state index in [0.717, 1.165) is 17.5 Å². The molecule has 0 aliphatic carbocycles. The molecule has 2 aromatic rings. The quantitative estimate of drug-likeness (QED) is 0.294. The first-order chi connectivity index (χ1) is 10.7. The van der Waals surface area contributed by atoms with Crippen molar-refractivity contribution < 1.29 is 0 Å².